The minimum Gasteiger partial charge on any atom is -0.497 e. The molecule has 0 saturated heterocycles. The SMILES string of the molecule is COc1ccc2cc(CN(C)C(C)C(=O)Nc3ccc4[nH]c(=O)[nH]c4c3)ccc2c1. The number of ether oxygens (including phenoxy) is 1. The zero-order chi connectivity index (χ0) is 21.3. The van der Waals surface area contributed by atoms with Crippen LogP contribution in [-0.2, 0) is 11.3 Å². The summed E-state index contributed by atoms with van der Waals surface area (Å²) in [5.74, 6) is 0.722. The van der Waals surface area contributed by atoms with Crippen LogP contribution in [0.4, 0.5) is 5.69 Å². The lowest BCUT2D eigenvalue weighted by Crippen LogP contribution is -2.39. The number of H-pyrrole nitrogens is 2. The van der Waals surface area contributed by atoms with E-state index >= 15 is 0 Å². The Hall–Kier alpha value is -3.58. The minimum atomic E-state index is -0.336. The van der Waals surface area contributed by atoms with E-state index in [-0.39, 0.29) is 17.6 Å². The molecule has 1 amide bonds. The normalized spacial score (nSPS) is 12.4. The maximum Gasteiger partial charge on any atom is 0.323 e. The zero-order valence-corrected chi connectivity index (χ0v) is 17.2. The van der Waals surface area contributed by atoms with Crippen LogP contribution >= 0.6 is 0 Å². The van der Waals surface area contributed by atoms with Gasteiger partial charge in [-0.05, 0) is 66.7 Å². The molecule has 7 nitrogen and oxygen atoms in total. The Kier molecular flexibility index (Phi) is 5.29. The first-order chi connectivity index (χ1) is 14.4. The number of rotatable bonds is 6. The van der Waals surface area contributed by atoms with Gasteiger partial charge in [0.2, 0.25) is 5.91 Å². The molecule has 1 heterocycles. The molecule has 1 aromatic heterocycles. The van der Waals surface area contributed by atoms with E-state index in [1.165, 1.54) is 0 Å². The van der Waals surface area contributed by atoms with Crippen molar-refractivity contribution in [2.75, 3.05) is 19.5 Å². The zero-order valence-electron chi connectivity index (χ0n) is 17.2. The van der Waals surface area contributed by atoms with Gasteiger partial charge in [0.1, 0.15) is 5.75 Å². The molecule has 1 atom stereocenters. The number of carbonyl (C=O) groups is 1. The highest BCUT2D eigenvalue weighted by Crippen LogP contribution is 2.23. The number of hydrogen-bond acceptors (Lipinski definition) is 4. The van der Waals surface area contributed by atoms with Crippen molar-refractivity contribution in [3.63, 3.8) is 0 Å². The summed E-state index contributed by atoms with van der Waals surface area (Å²) in [5, 5.41) is 5.17. The van der Waals surface area contributed by atoms with Gasteiger partial charge in [0, 0.05) is 12.2 Å². The first kappa shape index (κ1) is 19.7. The summed E-state index contributed by atoms with van der Waals surface area (Å²) in [6, 6.07) is 17.2. The van der Waals surface area contributed by atoms with Crippen LogP contribution < -0.4 is 15.7 Å². The summed E-state index contributed by atoms with van der Waals surface area (Å²) < 4.78 is 5.28. The maximum absolute atomic E-state index is 12.7. The first-order valence-corrected chi connectivity index (χ1v) is 9.73. The van der Waals surface area contributed by atoms with Crippen LogP contribution in [0.15, 0.2) is 59.4 Å². The van der Waals surface area contributed by atoms with Crippen molar-refractivity contribution in [3.8, 4) is 5.75 Å². The lowest BCUT2D eigenvalue weighted by atomic mass is 10.1. The van der Waals surface area contributed by atoms with Crippen molar-refractivity contribution >= 4 is 33.4 Å². The molecular formula is C23H24N4O3. The predicted molar refractivity (Wildman–Crippen MR) is 119 cm³/mol. The molecule has 1 unspecified atom stereocenters. The van der Waals surface area contributed by atoms with E-state index in [0.29, 0.717) is 23.3 Å². The molecule has 4 aromatic rings. The fourth-order valence-corrected chi connectivity index (χ4v) is 3.48. The van der Waals surface area contributed by atoms with E-state index < -0.39 is 0 Å². The maximum atomic E-state index is 12.7. The number of amides is 1. The van der Waals surface area contributed by atoms with E-state index in [1.807, 2.05) is 37.1 Å². The third kappa shape index (κ3) is 4.06. The lowest BCUT2D eigenvalue weighted by molar-refractivity contribution is -0.120. The fourth-order valence-electron chi connectivity index (χ4n) is 3.48. The highest BCUT2D eigenvalue weighted by molar-refractivity contribution is 5.96. The molecule has 154 valence electrons. The van der Waals surface area contributed by atoms with Gasteiger partial charge in [-0.25, -0.2) is 4.79 Å². The number of carbonyl (C=O) groups excluding carboxylic acids is 1. The largest absolute Gasteiger partial charge is 0.497 e. The molecule has 4 rings (SSSR count). The van der Waals surface area contributed by atoms with Crippen LogP contribution in [0.1, 0.15) is 12.5 Å². The third-order valence-corrected chi connectivity index (χ3v) is 5.37. The van der Waals surface area contributed by atoms with E-state index in [4.69, 9.17) is 4.74 Å². The second-order valence-corrected chi connectivity index (χ2v) is 7.47. The van der Waals surface area contributed by atoms with Crippen molar-refractivity contribution < 1.29 is 9.53 Å². The van der Waals surface area contributed by atoms with Gasteiger partial charge in [0.15, 0.2) is 0 Å². The van der Waals surface area contributed by atoms with Crippen LogP contribution in [0.2, 0.25) is 0 Å². The number of anilines is 1. The quantitative estimate of drug-likeness (QED) is 0.459. The second kappa shape index (κ2) is 8.04. The van der Waals surface area contributed by atoms with Crippen molar-refractivity contribution in [2.24, 2.45) is 0 Å². The van der Waals surface area contributed by atoms with Crippen LogP contribution in [0.25, 0.3) is 21.8 Å². The van der Waals surface area contributed by atoms with Crippen LogP contribution in [-0.4, -0.2) is 41.0 Å². The van der Waals surface area contributed by atoms with Gasteiger partial charge < -0.3 is 20.0 Å². The molecule has 30 heavy (non-hydrogen) atoms. The Morgan fingerprint density at radius 1 is 1.03 bits per heavy atom. The molecule has 0 aliphatic heterocycles. The number of aromatic amines is 2. The number of fused-ring (bicyclic) bond motifs is 2. The number of likely N-dealkylation sites (N-methyl/N-ethyl adjacent to an activating group) is 1. The molecule has 3 aromatic carbocycles. The number of aromatic nitrogens is 2. The fraction of sp³-hybridized carbons (Fsp3) is 0.217. The third-order valence-electron chi connectivity index (χ3n) is 5.37. The average molecular weight is 404 g/mol. The highest BCUT2D eigenvalue weighted by atomic mass is 16.5. The van der Waals surface area contributed by atoms with Crippen LogP contribution in [0.3, 0.4) is 0 Å². The van der Waals surface area contributed by atoms with Crippen LogP contribution in [0, 0.1) is 0 Å². The Bertz CT molecular complexity index is 1270. The second-order valence-electron chi connectivity index (χ2n) is 7.47. The molecule has 3 N–H and O–H groups in total. The molecular weight excluding hydrogens is 380 g/mol. The van der Waals surface area contributed by atoms with E-state index in [1.54, 1.807) is 25.3 Å². The average Bonchev–Trinajstić information content (AvgIpc) is 3.11. The van der Waals surface area contributed by atoms with Gasteiger partial charge in [-0.2, -0.15) is 0 Å². The Morgan fingerprint density at radius 3 is 2.57 bits per heavy atom. The molecule has 7 heteroatoms. The van der Waals surface area contributed by atoms with Gasteiger partial charge in [-0.3, -0.25) is 9.69 Å². The molecule has 0 aliphatic carbocycles. The van der Waals surface area contributed by atoms with E-state index in [0.717, 1.165) is 22.1 Å². The molecule has 0 radical (unpaired) electrons. The van der Waals surface area contributed by atoms with E-state index in [9.17, 15) is 9.59 Å². The number of hydrogen-bond donors (Lipinski definition) is 3. The van der Waals surface area contributed by atoms with Gasteiger partial charge in [-0.15, -0.1) is 0 Å². The summed E-state index contributed by atoms with van der Waals surface area (Å²) in [6.45, 7) is 2.51. The number of imidazole rings is 1. The summed E-state index contributed by atoms with van der Waals surface area (Å²) in [7, 11) is 3.59. The highest BCUT2D eigenvalue weighted by Gasteiger charge is 2.18. The summed E-state index contributed by atoms with van der Waals surface area (Å²) in [4.78, 5) is 31.5. The first-order valence-electron chi connectivity index (χ1n) is 9.73. The number of nitrogens with zero attached hydrogens (tertiary/aromatic N) is 1. The lowest BCUT2D eigenvalue weighted by Gasteiger charge is -2.24. The topological polar surface area (TPSA) is 90.2 Å². The van der Waals surface area contributed by atoms with Gasteiger partial charge >= 0.3 is 5.69 Å². The molecule has 0 fully saturated rings. The summed E-state index contributed by atoms with van der Waals surface area (Å²) in [5.41, 5.74) is 2.86. The van der Waals surface area contributed by atoms with Crippen molar-refractivity contribution in [1.82, 2.24) is 14.9 Å². The molecule has 0 aliphatic rings. The van der Waals surface area contributed by atoms with Crippen molar-refractivity contribution in [2.45, 2.75) is 19.5 Å². The molecule has 0 saturated carbocycles. The van der Waals surface area contributed by atoms with Crippen molar-refractivity contribution in [1.29, 1.82) is 0 Å². The number of benzene rings is 3. The predicted octanol–water partition coefficient (Wildman–Crippen LogP) is 3.48. The number of methoxy groups -OCH3 is 1. The Labute approximate surface area is 173 Å². The Balaban J connectivity index is 1.44. The Morgan fingerprint density at radius 2 is 1.77 bits per heavy atom. The molecule has 0 spiro atoms. The van der Waals surface area contributed by atoms with Crippen LogP contribution in [0.5, 0.6) is 5.75 Å². The van der Waals surface area contributed by atoms with Gasteiger partial charge in [0.05, 0.1) is 24.2 Å². The van der Waals surface area contributed by atoms with Gasteiger partial charge in [0.25, 0.3) is 0 Å². The minimum absolute atomic E-state index is 0.111. The van der Waals surface area contributed by atoms with Gasteiger partial charge in [-0.1, -0.05) is 18.2 Å². The number of nitrogens with one attached hydrogen (secondary N) is 3. The smallest absolute Gasteiger partial charge is 0.323 e. The standard InChI is InChI=1S/C23H24N4O3/c1-14(22(28)24-18-7-9-20-21(12-18)26-23(29)25-20)27(2)13-15-4-5-17-11-19(30-3)8-6-16(17)10-15/h4-12,14H,13H2,1-3H3,(H,24,28)(H2,25,26,29). The summed E-state index contributed by atoms with van der Waals surface area (Å²) in [6.07, 6.45) is 0. The monoisotopic (exact) mass is 404 g/mol. The van der Waals surface area contributed by atoms with E-state index in [2.05, 4.69) is 33.5 Å². The summed E-state index contributed by atoms with van der Waals surface area (Å²) >= 11 is 0. The van der Waals surface area contributed by atoms with Crippen molar-refractivity contribution in [3.05, 3.63) is 70.6 Å². The molecule has 0 bridgehead atoms.